The lowest BCUT2D eigenvalue weighted by Crippen LogP contribution is -2.29. The van der Waals surface area contributed by atoms with Gasteiger partial charge >= 0.3 is 0 Å². The molecule has 0 aliphatic heterocycles. The minimum absolute atomic E-state index is 0.131. The number of alkyl halides is 1. The number of rotatable bonds is 4. The predicted octanol–water partition coefficient (Wildman–Crippen LogP) is 4.23. The zero-order valence-corrected chi connectivity index (χ0v) is 16.1. The van der Waals surface area contributed by atoms with Crippen LogP contribution < -0.4 is 10.7 Å². The Morgan fingerprint density at radius 3 is 2.60 bits per heavy atom. The highest BCUT2D eigenvalue weighted by molar-refractivity contribution is 7.19. The van der Waals surface area contributed by atoms with Crippen LogP contribution in [0.4, 0.5) is 0 Å². The van der Waals surface area contributed by atoms with Crippen molar-refractivity contribution in [3.63, 3.8) is 0 Å². The first-order valence-electron chi connectivity index (χ1n) is 7.62. The number of nitrogens with one attached hydrogen (secondary N) is 1. The fourth-order valence-electron chi connectivity index (χ4n) is 2.67. The molecule has 130 valence electrons. The quantitative estimate of drug-likeness (QED) is 0.673. The molecular weight excluding hydrogens is 379 g/mol. The Bertz CT molecular complexity index is 1010. The van der Waals surface area contributed by atoms with Gasteiger partial charge in [0.25, 0.3) is 5.91 Å². The van der Waals surface area contributed by atoms with Crippen molar-refractivity contribution >= 4 is 50.7 Å². The van der Waals surface area contributed by atoms with E-state index in [-0.39, 0.29) is 11.0 Å². The molecule has 0 bridgehead atoms. The monoisotopic (exact) mass is 394 g/mol. The molecule has 1 aromatic carbocycles. The van der Waals surface area contributed by atoms with Gasteiger partial charge in [-0.15, -0.1) is 22.9 Å². The average Bonchev–Trinajstić information content (AvgIpc) is 2.95. The van der Waals surface area contributed by atoms with E-state index in [1.54, 1.807) is 18.3 Å². The van der Waals surface area contributed by atoms with Gasteiger partial charge in [-0.3, -0.25) is 9.59 Å². The molecule has 3 aromatic rings. The van der Waals surface area contributed by atoms with E-state index >= 15 is 0 Å². The van der Waals surface area contributed by atoms with E-state index in [2.05, 4.69) is 5.32 Å². The molecule has 1 amide bonds. The number of carbonyl (C=O) groups is 1. The van der Waals surface area contributed by atoms with Crippen molar-refractivity contribution in [1.82, 2.24) is 9.88 Å². The summed E-state index contributed by atoms with van der Waals surface area (Å²) in [7, 11) is 1.83. The molecule has 1 N–H and O–H groups in total. The molecule has 0 unspecified atom stereocenters. The Morgan fingerprint density at radius 2 is 1.96 bits per heavy atom. The predicted molar refractivity (Wildman–Crippen MR) is 104 cm³/mol. The van der Waals surface area contributed by atoms with Crippen molar-refractivity contribution in [3.8, 4) is 0 Å². The second-order valence-electron chi connectivity index (χ2n) is 5.76. The summed E-state index contributed by atoms with van der Waals surface area (Å²) in [6, 6.07) is 7.19. The molecule has 4 nitrogen and oxygen atoms in total. The minimum atomic E-state index is -0.393. The van der Waals surface area contributed by atoms with Crippen LogP contribution in [0.1, 0.15) is 26.4 Å². The van der Waals surface area contributed by atoms with Gasteiger partial charge in [-0.1, -0.05) is 23.7 Å². The summed E-state index contributed by atoms with van der Waals surface area (Å²) in [6.07, 6.45) is 1.58. The summed E-state index contributed by atoms with van der Waals surface area (Å²) >= 11 is 13.3. The molecule has 0 saturated carbocycles. The highest BCUT2D eigenvalue weighted by Gasteiger charge is 2.19. The number of thiophene rings is 1. The normalized spacial score (nSPS) is 11.0. The molecule has 25 heavy (non-hydrogen) atoms. The molecule has 0 atom stereocenters. The van der Waals surface area contributed by atoms with E-state index in [0.717, 1.165) is 20.8 Å². The fourth-order valence-corrected chi connectivity index (χ4v) is 4.25. The summed E-state index contributed by atoms with van der Waals surface area (Å²) in [5, 5.41) is 4.00. The van der Waals surface area contributed by atoms with E-state index in [0.29, 0.717) is 22.8 Å². The maximum Gasteiger partial charge on any atom is 0.257 e. The standard InChI is InChI=1S/C18H16Cl2N2O2S/c1-10-14(7-19)25-18-15(10)16(23)13(9-22(18)2)17(24)21-8-11-3-5-12(20)6-4-11/h3-6,9H,7-8H2,1-2H3,(H,21,24). The van der Waals surface area contributed by atoms with Crippen LogP contribution in [0.25, 0.3) is 10.2 Å². The molecular formula is C18H16Cl2N2O2S. The molecule has 2 heterocycles. The summed E-state index contributed by atoms with van der Waals surface area (Å²) < 4.78 is 1.81. The van der Waals surface area contributed by atoms with Crippen molar-refractivity contribution in [2.45, 2.75) is 19.3 Å². The number of halogens is 2. The second kappa shape index (κ2) is 7.20. The largest absolute Gasteiger partial charge is 0.348 e. The highest BCUT2D eigenvalue weighted by Crippen LogP contribution is 2.29. The van der Waals surface area contributed by atoms with Gasteiger partial charge in [-0.25, -0.2) is 0 Å². The van der Waals surface area contributed by atoms with Gasteiger partial charge in [-0.2, -0.15) is 0 Å². The number of benzene rings is 1. The van der Waals surface area contributed by atoms with Gasteiger partial charge < -0.3 is 9.88 Å². The maximum atomic E-state index is 12.8. The van der Waals surface area contributed by atoms with Crippen LogP contribution in [0.5, 0.6) is 0 Å². The van der Waals surface area contributed by atoms with Crippen molar-refractivity contribution in [2.75, 3.05) is 0 Å². The van der Waals surface area contributed by atoms with E-state index in [1.165, 1.54) is 11.3 Å². The lowest BCUT2D eigenvalue weighted by molar-refractivity contribution is 0.0949. The van der Waals surface area contributed by atoms with E-state index in [4.69, 9.17) is 23.2 Å². The smallest absolute Gasteiger partial charge is 0.257 e. The highest BCUT2D eigenvalue weighted by atomic mass is 35.5. The van der Waals surface area contributed by atoms with E-state index < -0.39 is 5.91 Å². The van der Waals surface area contributed by atoms with Crippen molar-refractivity contribution in [1.29, 1.82) is 0 Å². The molecule has 0 aliphatic rings. The van der Waals surface area contributed by atoms with E-state index in [1.807, 2.05) is 30.7 Å². The molecule has 3 rings (SSSR count). The Balaban J connectivity index is 1.93. The Hall–Kier alpha value is -1.82. The van der Waals surface area contributed by atoms with Crippen LogP contribution in [0.3, 0.4) is 0 Å². The number of carbonyl (C=O) groups excluding carboxylic acids is 1. The molecule has 0 fully saturated rings. The third kappa shape index (κ3) is 3.45. The molecule has 0 radical (unpaired) electrons. The first-order valence-corrected chi connectivity index (χ1v) is 9.35. The first-order chi connectivity index (χ1) is 11.9. The van der Waals surface area contributed by atoms with Crippen LogP contribution in [-0.2, 0) is 19.5 Å². The summed E-state index contributed by atoms with van der Waals surface area (Å²) in [4.78, 5) is 27.1. The van der Waals surface area contributed by atoms with Gasteiger partial charge in [0.15, 0.2) is 0 Å². The van der Waals surface area contributed by atoms with Crippen molar-refractivity contribution in [3.05, 3.63) is 67.3 Å². The maximum absolute atomic E-state index is 12.8. The zero-order valence-electron chi connectivity index (χ0n) is 13.7. The average molecular weight is 395 g/mol. The van der Waals surface area contributed by atoms with Gasteiger partial charge in [-0.05, 0) is 30.2 Å². The van der Waals surface area contributed by atoms with Crippen LogP contribution in [0.2, 0.25) is 5.02 Å². The second-order valence-corrected chi connectivity index (χ2v) is 7.54. The topological polar surface area (TPSA) is 51.1 Å². The molecule has 0 saturated heterocycles. The summed E-state index contributed by atoms with van der Waals surface area (Å²) in [6.45, 7) is 2.19. The molecule has 0 aliphatic carbocycles. The molecule has 7 heteroatoms. The number of aryl methyl sites for hydroxylation is 2. The van der Waals surface area contributed by atoms with Crippen LogP contribution >= 0.6 is 34.5 Å². The third-order valence-corrected chi connectivity index (χ3v) is 6.13. The van der Waals surface area contributed by atoms with Crippen LogP contribution in [0.15, 0.2) is 35.3 Å². The lowest BCUT2D eigenvalue weighted by atomic mass is 10.1. The lowest BCUT2D eigenvalue weighted by Gasteiger charge is -2.08. The zero-order chi connectivity index (χ0) is 18.1. The van der Waals surface area contributed by atoms with Gasteiger partial charge in [0.1, 0.15) is 10.4 Å². The first kappa shape index (κ1) is 18.0. The number of nitrogens with zero attached hydrogens (tertiary/aromatic N) is 1. The Morgan fingerprint density at radius 1 is 1.28 bits per heavy atom. The van der Waals surface area contributed by atoms with E-state index in [9.17, 15) is 9.59 Å². The van der Waals surface area contributed by atoms with Gasteiger partial charge in [0.2, 0.25) is 5.43 Å². The number of aromatic nitrogens is 1. The third-order valence-electron chi connectivity index (χ3n) is 4.07. The van der Waals surface area contributed by atoms with Crippen molar-refractivity contribution in [2.24, 2.45) is 7.05 Å². The number of pyridine rings is 1. The van der Waals surface area contributed by atoms with Crippen molar-refractivity contribution < 1.29 is 4.79 Å². The number of hydrogen-bond donors (Lipinski definition) is 1. The summed E-state index contributed by atoms with van der Waals surface area (Å²) in [5.41, 5.74) is 1.63. The molecule has 2 aromatic heterocycles. The molecule has 0 spiro atoms. The fraction of sp³-hybridized carbons (Fsp3) is 0.222. The number of fused-ring (bicyclic) bond motifs is 1. The van der Waals surface area contributed by atoms with Gasteiger partial charge in [0, 0.05) is 29.7 Å². The van der Waals surface area contributed by atoms with Crippen LogP contribution in [-0.4, -0.2) is 10.5 Å². The minimum Gasteiger partial charge on any atom is -0.348 e. The SMILES string of the molecule is Cc1c(CCl)sc2c1c(=O)c(C(=O)NCc1ccc(Cl)cc1)cn2C. The summed E-state index contributed by atoms with van der Waals surface area (Å²) in [5.74, 6) is -0.0432. The Kier molecular flexibility index (Phi) is 5.18. The van der Waals surface area contributed by atoms with Crippen LogP contribution in [0, 0.1) is 6.92 Å². The number of amides is 1. The Labute approximate surface area is 159 Å². The van der Waals surface area contributed by atoms with Gasteiger partial charge in [0.05, 0.1) is 11.3 Å². The number of hydrogen-bond acceptors (Lipinski definition) is 3.